The smallest absolute Gasteiger partial charge is 0.246 e. The normalized spacial score (nSPS) is 19.4. The van der Waals surface area contributed by atoms with Crippen molar-refractivity contribution in [3.05, 3.63) is 29.3 Å². The van der Waals surface area contributed by atoms with Gasteiger partial charge in [-0.1, -0.05) is 0 Å². The number of likely N-dealkylation sites (N-methyl/N-ethyl adjacent to an activating group) is 1. The molecule has 0 aliphatic carbocycles. The molecule has 1 aliphatic rings. The predicted molar refractivity (Wildman–Crippen MR) is 46.8 cm³/mol. The van der Waals surface area contributed by atoms with E-state index in [1.807, 2.05) is 0 Å². The minimum atomic E-state index is -0.958. The van der Waals surface area contributed by atoms with Crippen LogP contribution < -0.4 is 10.6 Å². The van der Waals surface area contributed by atoms with Gasteiger partial charge >= 0.3 is 0 Å². The van der Waals surface area contributed by atoms with Crippen molar-refractivity contribution in [2.75, 3.05) is 12.4 Å². The third-order valence-electron chi connectivity index (χ3n) is 2.21. The van der Waals surface area contributed by atoms with Gasteiger partial charge in [-0.3, -0.25) is 4.79 Å². The van der Waals surface area contributed by atoms with Crippen LogP contribution in [0, 0.1) is 11.6 Å². The van der Waals surface area contributed by atoms with Gasteiger partial charge in [-0.05, 0) is 13.1 Å². The second kappa shape index (κ2) is 3.02. The Morgan fingerprint density at radius 2 is 2.00 bits per heavy atom. The van der Waals surface area contributed by atoms with Crippen LogP contribution in [0.5, 0.6) is 0 Å². The van der Waals surface area contributed by atoms with Crippen LogP contribution in [0.25, 0.3) is 0 Å². The lowest BCUT2D eigenvalue weighted by atomic mass is 10.1. The molecule has 1 aromatic carbocycles. The first-order chi connectivity index (χ1) is 6.63. The summed E-state index contributed by atoms with van der Waals surface area (Å²) in [5.41, 5.74) is 0.768. The highest BCUT2D eigenvalue weighted by Gasteiger charge is 2.30. The lowest BCUT2D eigenvalue weighted by molar-refractivity contribution is -0.117. The molecule has 1 aromatic rings. The van der Waals surface area contributed by atoms with Crippen molar-refractivity contribution in [1.82, 2.24) is 5.32 Å². The summed E-state index contributed by atoms with van der Waals surface area (Å²) in [6.07, 6.45) is 0. The van der Waals surface area contributed by atoms with E-state index >= 15 is 0 Å². The largest absolute Gasteiger partial charge is 0.324 e. The number of carbonyl (C=O) groups is 1. The van der Waals surface area contributed by atoms with Crippen LogP contribution in [0.1, 0.15) is 11.6 Å². The van der Waals surface area contributed by atoms with Gasteiger partial charge in [0.25, 0.3) is 0 Å². The maximum atomic E-state index is 12.9. The molecule has 74 valence electrons. The maximum absolute atomic E-state index is 12.9. The fraction of sp³-hybridized carbons (Fsp3) is 0.222. The highest BCUT2D eigenvalue weighted by molar-refractivity contribution is 6.02. The highest BCUT2D eigenvalue weighted by Crippen LogP contribution is 2.31. The summed E-state index contributed by atoms with van der Waals surface area (Å²) < 4.78 is 25.7. The zero-order chi connectivity index (χ0) is 10.3. The molecule has 1 heterocycles. The van der Waals surface area contributed by atoms with E-state index in [2.05, 4.69) is 10.6 Å². The molecule has 5 heteroatoms. The van der Waals surface area contributed by atoms with E-state index in [4.69, 9.17) is 0 Å². The van der Waals surface area contributed by atoms with E-state index < -0.39 is 17.7 Å². The number of fused-ring (bicyclic) bond motifs is 1. The van der Waals surface area contributed by atoms with Crippen LogP contribution in [-0.2, 0) is 4.79 Å². The number of carbonyl (C=O) groups excluding carboxylic acids is 1. The summed E-state index contributed by atoms with van der Waals surface area (Å²) in [5, 5.41) is 5.17. The van der Waals surface area contributed by atoms with Gasteiger partial charge < -0.3 is 10.6 Å². The molecule has 2 N–H and O–H groups in total. The summed E-state index contributed by atoms with van der Waals surface area (Å²) in [6, 6.07) is 1.42. The quantitative estimate of drug-likeness (QED) is 0.711. The number of nitrogens with one attached hydrogen (secondary N) is 2. The third-order valence-corrected chi connectivity index (χ3v) is 2.21. The molecule has 0 spiro atoms. The lowest BCUT2D eigenvalue weighted by Crippen LogP contribution is -2.23. The van der Waals surface area contributed by atoms with E-state index in [0.29, 0.717) is 11.3 Å². The Morgan fingerprint density at radius 3 is 2.64 bits per heavy atom. The Hall–Kier alpha value is -1.49. The summed E-state index contributed by atoms with van der Waals surface area (Å²) in [7, 11) is 1.58. The lowest BCUT2D eigenvalue weighted by Gasteiger charge is -2.06. The number of hydrogen-bond acceptors (Lipinski definition) is 2. The SMILES string of the molecule is CNC1C(=O)Nc2cc(F)c(F)cc21. The number of anilines is 1. The fourth-order valence-electron chi connectivity index (χ4n) is 1.54. The number of rotatable bonds is 1. The zero-order valence-corrected chi connectivity index (χ0v) is 7.40. The summed E-state index contributed by atoms with van der Waals surface area (Å²) in [4.78, 5) is 11.3. The Labute approximate surface area is 79.1 Å². The Bertz CT molecular complexity index is 406. The molecule has 1 aliphatic heterocycles. The summed E-state index contributed by atoms with van der Waals surface area (Å²) in [5.74, 6) is -2.20. The van der Waals surface area contributed by atoms with Gasteiger partial charge in [0.2, 0.25) is 5.91 Å². The Balaban J connectivity index is 2.54. The van der Waals surface area contributed by atoms with E-state index in [1.54, 1.807) is 7.05 Å². The molecule has 1 unspecified atom stereocenters. The third kappa shape index (κ3) is 1.17. The van der Waals surface area contributed by atoms with Gasteiger partial charge in [-0.15, -0.1) is 0 Å². The number of amides is 1. The number of halogens is 2. The van der Waals surface area contributed by atoms with Crippen LogP contribution in [0.3, 0.4) is 0 Å². The maximum Gasteiger partial charge on any atom is 0.246 e. The number of hydrogen-bond donors (Lipinski definition) is 2. The van der Waals surface area contributed by atoms with Gasteiger partial charge in [0.15, 0.2) is 11.6 Å². The molecule has 14 heavy (non-hydrogen) atoms. The van der Waals surface area contributed by atoms with Gasteiger partial charge in [0.1, 0.15) is 6.04 Å². The Morgan fingerprint density at radius 1 is 1.36 bits per heavy atom. The predicted octanol–water partition coefficient (Wildman–Crippen LogP) is 1.18. The molecule has 0 saturated carbocycles. The van der Waals surface area contributed by atoms with E-state index in [9.17, 15) is 13.6 Å². The topological polar surface area (TPSA) is 41.1 Å². The molecule has 0 bridgehead atoms. The van der Waals surface area contributed by atoms with E-state index in [-0.39, 0.29) is 5.91 Å². The molecule has 0 radical (unpaired) electrons. The zero-order valence-electron chi connectivity index (χ0n) is 7.40. The standard InChI is InChI=1S/C9H8F2N2O/c1-12-8-4-2-5(10)6(11)3-7(4)13-9(8)14/h2-3,8,12H,1H3,(H,13,14). The molecular formula is C9H8F2N2O. The van der Waals surface area contributed by atoms with Crippen molar-refractivity contribution in [3.63, 3.8) is 0 Å². The van der Waals surface area contributed by atoms with Crippen molar-refractivity contribution in [2.24, 2.45) is 0 Å². The van der Waals surface area contributed by atoms with Crippen LogP contribution >= 0.6 is 0 Å². The molecule has 0 saturated heterocycles. The minimum absolute atomic E-state index is 0.299. The van der Waals surface area contributed by atoms with Gasteiger partial charge in [0.05, 0.1) is 0 Å². The van der Waals surface area contributed by atoms with Gasteiger partial charge in [-0.2, -0.15) is 0 Å². The van der Waals surface area contributed by atoms with Gasteiger partial charge in [-0.25, -0.2) is 8.78 Å². The fourth-order valence-corrected chi connectivity index (χ4v) is 1.54. The van der Waals surface area contributed by atoms with Crippen molar-refractivity contribution >= 4 is 11.6 Å². The second-order valence-corrected chi connectivity index (χ2v) is 3.06. The molecule has 0 fully saturated rings. The molecule has 2 rings (SSSR count). The van der Waals surface area contributed by atoms with Crippen molar-refractivity contribution < 1.29 is 13.6 Å². The van der Waals surface area contributed by atoms with E-state index in [1.165, 1.54) is 0 Å². The van der Waals surface area contributed by atoms with Crippen molar-refractivity contribution in [2.45, 2.75) is 6.04 Å². The average molecular weight is 198 g/mol. The van der Waals surface area contributed by atoms with Crippen molar-refractivity contribution in [1.29, 1.82) is 0 Å². The monoisotopic (exact) mass is 198 g/mol. The molecular weight excluding hydrogens is 190 g/mol. The first-order valence-electron chi connectivity index (χ1n) is 4.10. The molecule has 0 aromatic heterocycles. The van der Waals surface area contributed by atoms with Crippen LogP contribution in [-0.4, -0.2) is 13.0 Å². The number of benzene rings is 1. The van der Waals surface area contributed by atoms with Gasteiger partial charge in [0, 0.05) is 17.3 Å². The Kier molecular flexibility index (Phi) is 1.96. The average Bonchev–Trinajstić information content (AvgIpc) is 2.42. The minimum Gasteiger partial charge on any atom is -0.324 e. The second-order valence-electron chi connectivity index (χ2n) is 3.06. The van der Waals surface area contributed by atoms with Crippen LogP contribution in [0.2, 0.25) is 0 Å². The molecule has 1 amide bonds. The first-order valence-corrected chi connectivity index (χ1v) is 4.10. The first kappa shape index (κ1) is 9.08. The molecule has 3 nitrogen and oxygen atoms in total. The van der Waals surface area contributed by atoms with Crippen molar-refractivity contribution in [3.8, 4) is 0 Å². The highest BCUT2D eigenvalue weighted by atomic mass is 19.2. The summed E-state index contributed by atoms with van der Waals surface area (Å²) in [6.45, 7) is 0. The van der Waals surface area contributed by atoms with Crippen LogP contribution in [0.15, 0.2) is 12.1 Å². The summed E-state index contributed by atoms with van der Waals surface area (Å²) >= 11 is 0. The molecule has 1 atom stereocenters. The van der Waals surface area contributed by atoms with E-state index in [0.717, 1.165) is 12.1 Å². The van der Waals surface area contributed by atoms with Crippen LogP contribution in [0.4, 0.5) is 14.5 Å².